The van der Waals surface area contributed by atoms with Crippen molar-refractivity contribution in [1.29, 1.82) is 0 Å². The van der Waals surface area contributed by atoms with E-state index in [-0.39, 0.29) is 17.3 Å². The molecule has 0 bridgehead atoms. The first kappa shape index (κ1) is 19.8. The minimum absolute atomic E-state index is 0.160. The summed E-state index contributed by atoms with van der Waals surface area (Å²) in [5, 5.41) is 9.30. The molecule has 148 valence electrons. The Hall–Kier alpha value is -1.93. The van der Waals surface area contributed by atoms with Crippen molar-refractivity contribution in [2.75, 3.05) is 26.2 Å². The summed E-state index contributed by atoms with van der Waals surface area (Å²) in [4.78, 5) is 25.7. The number of likely N-dealkylation sites (tertiary alicyclic amines) is 1. The molecule has 0 aromatic heterocycles. The van der Waals surface area contributed by atoms with E-state index in [1.165, 1.54) is 33.5 Å². The van der Waals surface area contributed by atoms with Gasteiger partial charge < -0.3 is 10.0 Å². The first-order valence-electron chi connectivity index (χ1n) is 9.26. The van der Waals surface area contributed by atoms with E-state index >= 15 is 0 Å². The third kappa shape index (κ3) is 3.87. The number of rotatable bonds is 4. The van der Waals surface area contributed by atoms with Gasteiger partial charge in [0.2, 0.25) is 10.0 Å². The van der Waals surface area contributed by atoms with Crippen LogP contribution in [0.4, 0.5) is 0 Å². The first-order valence-corrected chi connectivity index (χ1v) is 10.7. The van der Waals surface area contributed by atoms with Crippen molar-refractivity contribution in [1.82, 2.24) is 9.21 Å². The largest absolute Gasteiger partial charge is 0.481 e. The summed E-state index contributed by atoms with van der Waals surface area (Å²) in [6, 6.07) is 5.95. The maximum Gasteiger partial charge on any atom is 0.311 e. The highest BCUT2D eigenvalue weighted by Crippen LogP contribution is 2.31. The van der Waals surface area contributed by atoms with Gasteiger partial charge in [-0.1, -0.05) is 6.92 Å². The molecule has 2 heterocycles. The highest BCUT2D eigenvalue weighted by atomic mass is 32.2. The van der Waals surface area contributed by atoms with Gasteiger partial charge in [0, 0.05) is 31.7 Å². The summed E-state index contributed by atoms with van der Waals surface area (Å²) >= 11 is 0. The van der Waals surface area contributed by atoms with Crippen LogP contribution in [0.15, 0.2) is 29.2 Å². The number of sulfonamides is 1. The van der Waals surface area contributed by atoms with Crippen LogP contribution in [0, 0.1) is 11.3 Å². The molecule has 2 fully saturated rings. The Morgan fingerprint density at radius 3 is 2.22 bits per heavy atom. The van der Waals surface area contributed by atoms with Gasteiger partial charge in [-0.05, 0) is 56.4 Å². The Bertz CT molecular complexity index is 828. The molecule has 1 aromatic carbocycles. The fourth-order valence-corrected chi connectivity index (χ4v) is 5.11. The normalized spacial score (nSPS) is 24.9. The zero-order valence-electron chi connectivity index (χ0n) is 15.7. The zero-order valence-corrected chi connectivity index (χ0v) is 16.5. The van der Waals surface area contributed by atoms with Crippen LogP contribution < -0.4 is 0 Å². The summed E-state index contributed by atoms with van der Waals surface area (Å²) in [6.45, 7) is 5.34. The van der Waals surface area contributed by atoms with Crippen molar-refractivity contribution < 1.29 is 23.1 Å². The predicted molar refractivity (Wildman–Crippen MR) is 99.9 cm³/mol. The molecular weight excluding hydrogens is 368 g/mol. The lowest BCUT2D eigenvalue weighted by molar-refractivity contribution is -0.147. The number of carbonyl (C=O) groups excluding carboxylic acids is 1. The van der Waals surface area contributed by atoms with E-state index in [2.05, 4.69) is 6.92 Å². The van der Waals surface area contributed by atoms with Crippen LogP contribution in [0.2, 0.25) is 0 Å². The molecular formula is C19H26N2O5S. The van der Waals surface area contributed by atoms with Gasteiger partial charge in [-0.25, -0.2) is 8.42 Å². The van der Waals surface area contributed by atoms with Crippen molar-refractivity contribution in [2.24, 2.45) is 11.3 Å². The van der Waals surface area contributed by atoms with Gasteiger partial charge >= 0.3 is 5.97 Å². The third-order valence-corrected chi connectivity index (χ3v) is 7.67. The summed E-state index contributed by atoms with van der Waals surface area (Å²) in [5.74, 6) is -0.640. The minimum atomic E-state index is -3.55. The molecule has 8 heteroatoms. The first-order chi connectivity index (χ1) is 12.6. The Kier molecular flexibility index (Phi) is 5.31. The molecule has 27 heavy (non-hydrogen) atoms. The maximum absolute atomic E-state index is 12.8. The summed E-state index contributed by atoms with van der Waals surface area (Å²) in [5.41, 5.74) is -0.555. The molecule has 1 aromatic rings. The lowest BCUT2D eigenvalue weighted by Gasteiger charge is -2.29. The molecule has 1 atom stereocenters. The van der Waals surface area contributed by atoms with Crippen LogP contribution in [-0.4, -0.2) is 60.8 Å². The van der Waals surface area contributed by atoms with Gasteiger partial charge in [-0.2, -0.15) is 4.31 Å². The van der Waals surface area contributed by atoms with Crippen LogP contribution >= 0.6 is 0 Å². The number of carboxylic acid groups (broad SMARTS) is 1. The molecule has 3 rings (SSSR count). The topological polar surface area (TPSA) is 95.0 Å². The van der Waals surface area contributed by atoms with Crippen molar-refractivity contribution in [2.45, 2.75) is 38.0 Å². The zero-order chi connectivity index (χ0) is 19.8. The average Bonchev–Trinajstić information content (AvgIpc) is 3.05. The Labute approximate surface area is 160 Å². The smallest absolute Gasteiger partial charge is 0.311 e. The number of hydrogen-bond donors (Lipinski definition) is 1. The van der Waals surface area contributed by atoms with Gasteiger partial charge in [0.05, 0.1) is 10.3 Å². The highest BCUT2D eigenvalue weighted by Gasteiger charge is 2.42. The van der Waals surface area contributed by atoms with E-state index in [9.17, 15) is 23.1 Å². The Morgan fingerprint density at radius 1 is 1.11 bits per heavy atom. The maximum atomic E-state index is 12.8. The Morgan fingerprint density at radius 2 is 1.70 bits per heavy atom. The molecule has 2 aliphatic heterocycles. The van der Waals surface area contributed by atoms with Gasteiger partial charge in [0.25, 0.3) is 5.91 Å². The van der Waals surface area contributed by atoms with Crippen LogP contribution in [0.25, 0.3) is 0 Å². The van der Waals surface area contributed by atoms with Gasteiger partial charge in [0.15, 0.2) is 0 Å². The highest BCUT2D eigenvalue weighted by molar-refractivity contribution is 7.89. The van der Waals surface area contributed by atoms with Gasteiger partial charge in [0.1, 0.15) is 0 Å². The molecule has 0 saturated carbocycles. The van der Waals surface area contributed by atoms with Crippen molar-refractivity contribution in [3.8, 4) is 0 Å². The number of hydrogen-bond acceptors (Lipinski definition) is 4. The number of benzene rings is 1. The molecule has 0 radical (unpaired) electrons. The third-order valence-electron chi connectivity index (χ3n) is 5.76. The van der Waals surface area contributed by atoms with Crippen LogP contribution in [0.1, 0.15) is 43.5 Å². The van der Waals surface area contributed by atoms with Gasteiger partial charge in [-0.3, -0.25) is 9.59 Å². The van der Waals surface area contributed by atoms with Crippen LogP contribution in [0.5, 0.6) is 0 Å². The Balaban J connectivity index is 1.72. The molecule has 1 unspecified atom stereocenters. The summed E-state index contributed by atoms with van der Waals surface area (Å²) < 4.78 is 27.0. The number of aliphatic carboxylic acids is 1. The second kappa shape index (κ2) is 7.24. The lowest BCUT2D eigenvalue weighted by Crippen LogP contribution is -2.38. The second-order valence-corrected chi connectivity index (χ2v) is 9.89. The SMILES string of the molecule is CC1CCN(S(=O)(=O)c2ccc(C(=O)N3CCC(C)(C(=O)O)C3)cc2)CC1. The number of carbonyl (C=O) groups is 2. The lowest BCUT2D eigenvalue weighted by atomic mass is 9.90. The number of piperidine rings is 1. The van der Waals surface area contributed by atoms with Gasteiger partial charge in [-0.15, -0.1) is 0 Å². The standard InChI is InChI=1S/C19H26N2O5S/c1-14-7-10-21(11-8-14)27(25,26)16-5-3-15(4-6-16)17(22)20-12-9-19(2,13-20)18(23)24/h3-6,14H,7-13H2,1-2H3,(H,23,24). The molecule has 7 nitrogen and oxygen atoms in total. The second-order valence-electron chi connectivity index (χ2n) is 7.95. The van der Waals surface area contributed by atoms with E-state index < -0.39 is 21.4 Å². The van der Waals surface area contributed by atoms with E-state index in [1.807, 2.05) is 0 Å². The monoisotopic (exact) mass is 394 g/mol. The minimum Gasteiger partial charge on any atom is -0.481 e. The van der Waals surface area contributed by atoms with Crippen molar-refractivity contribution in [3.63, 3.8) is 0 Å². The van der Waals surface area contributed by atoms with E-state index in [4.69, 9.17) is 0 Å². The van der Waals surface area contributed by atoms with E-state index in [1.54, 1.807) is 6.92 Å². The average molecular weight is 394 g/mol. The fraction of sp³-hybridized carbons (Fsp3) is 0.579. The molecule has 1 N–H and O–H groups in total. The van der Waals surface area contributed by atoms with E-state index in [0.717, 1.165) is 12.8 Å². The molecule has 0 aliphatic carbocycles. The van der Waals surface area contributed by atoms with E-state index in [0.29, 0.717) is 37.5 Å². The number of amides is 1. The number of carboxylic acids is 1. The predicted octanol–water partition coefficient (Wildman–Crippen LogP) is 2.04. The molecule has 1 amide bonds. The van der Waals surface area contributed by atoms with Crippen LogP contribution in [0.3, 0.4) is 0 Å². The molecule has 2 saturated heterocycles. The summed E-state index contributed by atoms with van der Waals surface area (Å²) in [7, 11) is -3.55. The quantitative estimate of drug-likeness (QED) is 0.843. The fourth-order valence-electron chi connectivity index (χ4n) is 3.64. The van der Waals surface area contributed by atoms with Crippen LogP contribution in [-0.2, 0) is 14.8 Å². The summed E-state index contributed by atoms with van der Waals surface area (Å²) in [6.07, 6.45) is 2.12. The van der Waals surface area contributed by atoms with Crippen molar-refractivity contribution >= 4 is 21.9 Å². The molecule has 0 spiro atoms. The molecule has 2 aliphatic rings. The van der Waals surface area contributed by atoms with Crippen molar-refractivity contribution in [3.05, 3.63) is 29.8 Å². The number of nitrogens with zero attached hydrogens (tertiary/aromatic N) is 2.